The average molecular weight is 310 g/mol. The molecule has 0 aromatic heterocycles. The van der Waals surface area contributed by atoms with Crippen molar-refractivity contribution >= 4 is 16.0 Å². The van der Waals surface area contributed by atoms with E-state index in [9.17, 15) is 13.2 Å². The lowest BCUT2D eigenvalue weighted by molar-refractivity contribution is -0.114. The van der Waals surface area contributed by atoms with Crippen LogP contribution in [0.4, 0.5) is 0 Å². The van der Waals surface area contributed by atoms with Crippen molar-refractivity contribution in [2.45, 2.75) is 11.8 Å². The molecular formula is C14H18N2O4S. The number of hydrogen-bond acceptors (Lipinski definition) is 4. The SMILES string of the molecule is CN1C=CC=C(C(N)=O)C1.Cc1ccc(S(=O)(=O)O)cc1. The first kappa shape index (κ1) is 16.9. The molecule has 1 aliphatic rings. The van der Waals surface area contributed by atoms with E-state index in [2.05, 4.69) is 0 Å². The highest BCUT2D eigenvalue weighted by Gasteiger charge is 2.07. The molecule has 1 heterocycles. The maximum absolute atomic E-state index is 10.6. The number of carbonyl (C=O) groups excluding carboxylic acids is 1. The molecule has 114 valence electrons. The summed E-state index contributed by atoms with van der Waals surface area (Å²) in [6, 6.07) is 5.99. The second-order valence-electron chi connectivity index (χ2n) is 4.60. The van der Waals surface area contributed by atoms with Crippen LogP contribution < -0.4 is 5.73 Å². The third-order valence-corrected chi connectivity index (χ3v) is 3.56. The van der Waals surface area contributed by atoms with Gasteiger partial charge in [0.25, 0.3) is 10.1 Å². The first-order valence-corrected chi connectivity index (χ1v) is 7.55. The molecule has 1 aromatic carbocycles. The Hall–Kier alpha value is -2.12. The number of nitrogens with two attached hydrogens (primary N) is 1. The van der Waals surface area contributed by atoms with Crippen molar-refractivity contribution < 1.29 is 17.8 Å². The largest absolute Gasteiger partial charge is 0.376 e. The summed E-state index contributed by atoms with van der Waals surface area (Å²) in [6.45, 7) is 2.46. The number of hydrogen-bond donors (Lipinski definition) is 2. The van der Waals surface area contributed by atoms with E-state index in [4.69, 9.17) is 10.3 Å². The smallest absolute Gasteiger partial charge is 0.294 e. The van der Waals surface area contributed by atoms with E-state index >= 15 is 0 Å². The van der Waals surface area contributed by atoms with Crippen molar-refractivity contribution in [1.29, 1.82) is 0 Å². The fraction of sp³-hybridized carbons (Fsp3) is 0.214. The second kappa shape index (κ2) is 7.05. The molecule has 7 heteroatoms. The zero-order valence-corrected chi connectivity index (χ0v) is 12.7. The van der Waals surface area contributed by atoms with Gasteiger partial charge < -0.3 is 10.6 Å². The fourth-order valence-corrected chi connectivity index (χ4v) is 2.03. The van der Waals surface area contributed by atoms with Gasteiger partial charge in [0.15, 0.2) is 0 Å². The topological polar surface area (TPSA) is 101 Å². The Morgan fingerprint density at radius 3 is 2.24 bits per heavy atom. The lowest BCUT2D eigenvalue weighted by atomic mass is 10.2. The van der Waals surface area contributed by atoms with Gasteiger partial charge in [-0.15, -0.1) is 0 Å². The Kier molecular flexibility index (Phi) is 5.69. The van der Waals surface area contributed by atoms with E-state index in [1.807, 2.05) is 31.1 Å². The standard InChI is InChI=1S/C7H10N2O.C7H8O3S/c1-9-4-2-3-6(5-9)7(8)10;1-6-2-4-7(5-3-6)11(8,9)10/h2-4H,5H2,1H3,(H2,8,10);2-5H,1H3,(H,8,9,10). The minimum Gasteiger partial charge on any atom is -0.376 e. The minimum absolute atomic E-state index is 0.0666. The van der Waals surface area contributed by atoms with Crippen LogP contribution in [0.5, 0.6) is 0 Å². The van der Waals surface area contributed by atoms with Crippen molar-refractivity contribution in [3.05, 3.63) is 53.8 Å². The van der Waals surface area contributed by atoms with E-state index in [1.54, 1.807) is 18.2 Å². The lowest BCUT2D eigenvalue weighted by Crippen LogP contribution is -2.25. The van der Waals surface area contributed by atoms with Gasteiger partial charge >= 0.3 is 0 Å². The Balaban J connectivity index is 0.000000211. The fourth-order valence-electron chi connectivity index (χ4n) is 1.55. The molecule has 0 saturated carbocycles. The third-order valence-electron chi connectivity index (χ3n) is 2.69. The summed E-state index contributed by atoms with van der Waals surface area (Å²) in [5, 5.41) is 0. The van der Waals surface area contributed by atoms with Gasteiger partial charge in [0.1, 0.15) is 0 Å². The van der Waals surface area contributed by atoms with E-state index in [1.165, 1.54) is 12.1 Å². The maximum atomic E-state index is 10.6. The molecule has 0 spiro atoms. The molecule has 1 aliphatic heterocycles. The Labute approximate surface area is 124 Å². The quantitative estimate of drug-likeness (QED) is 0.797. The summed E-state index contributed by atoms with van der Waals surface area (Å²) in [5.74, 6) is -0.337. The van der Waals surface area contributed by atoms with Crippen molar-refractivity contribution in [2.75, 3.05) is 13.6 Å². The number of aryl methyl sites for hydroxylation is 1. The van der Waals surface area contributed by atoms with E-state index in [0.29, 0.717) is 12.1 Å². The van der Waals surface area contributed by atoms with E-state index < -0.39 is 10.1 Å². The first-order valence-electron chi connectivity index (χ1n) is 6.11. The number of amides is 1. The van der Waals surface area contributed by atoms with Crippen molar-refractivity contribution in [3.8, 4) is 0 Å². The highest BCUT2D eigenvalue weighted by atomic mass is 32.2. The molecular weight excluding hydrogens is 292 g/mol. The summed E-state index contributed by atoms with van der Waals surface area (Å²) in [5.41, 5.74) is 6.67. The molecule has 0 atom stereocenters. The van der Waals surface area contributed by atoms with Crippen LogP contribution in [0.3, 0.4) is 0 Å². The number of nitrogens with zero attached hydrogens (tertiary/aromatic N) is 1. The predicted molar refractivity (Wildman–Crippen MR) is 80.0 cm³/mol. The molecule has 1 aromatic rings. The number of likely N-dealkylation sites (N-methyl/N-ethyl adjacent to an activating group) is 1. The zero-order chi connectivity index (χ0) is 16.0. The molecule has 2 rings (SSSR count). The molecule has 0 bridgehead atoms. The third kappa shape index (κ3) is 5.80. The van der Waals surface area contributed by atoms with Gasteiger partial charge in [0.2, 0.25) is 5.91 Å². The van der Waals surface area contributed by atoms with Crippen LogP contribution in [0, 0.1) is 6.92 Å². The Morgan fingerprint density at radius 1 is 1.29 bits per heavy atom. The molecule has 0 unspecified atom stereocenters. The van der Waals surface area contributed by atoms with Crippen LogP contribution >= 0.6 is 0 Å². The van der Waals surface area contributed by atoms with Gasteiger partial charge in [-0.1, -0.05) is 23.8 Å². The monoisotopic (exact) mass is 310 g/mol. The van der Waals surface area contributed by atoms with Gasteiger partial charge in [-0.3, -0.25) is 9.35 Å². The van der Waals surface area contributed by atoms with Crippen LogP contribution in [0.1, 0.15) is 5.56 Å². The second-order valence-corrected chi connectivity index (χ2v) is 6.02. The minimum atomic E-state index is -4.02. The van der Waals surface area contributed by atoms with E-state index in [0.717, 1.165) is 5.56 Å². The molecule has 0 saturated heterocycles. The summed E-state index contributed by atoms with van der Waals surface area (Å²) in [4.78, 5) is 12.4. The number of allylic oxidation sites excluding steroid dienone is 2. The molecule has 21 heavy (non-hydrogen) atoms. The lowest BCUT2D eigenvalue weighted by Gasteiger charge is -2.17. The number of primary amides is 1. The van der Waals surface area contributed by atoms with Gasteiger partial charge in [0, 0.05) is 19.2 Å². The first-order chi connectivity index (χ1) is 9.70. The van der Waals surface area contributed by atoms with Gasteiger partial charge in [-0.2, -0.15) is 8.42 Å². The zero-order valence-electron chi connectivity index (χ0n) is 11.9. The van der Waals surface area contributed by atoms with Gasteiger partial charge in [-0.05, 0) is 31.3 Å². The van der Waals surface area contributed by atoms with Crippen molar-refractivity contribution in [2.24, 2.45) is 5.73 Å². The summed E-state index contributed by atoms with van der Waals surface area (Å²) < 4.78 is 29.6. The molecule has 1 amide bonds. The summed E-state index contributed by atoms with van der Waals surface area (Å²) in [6.07, 6.45) is 5.44. The Bertz CT molecular complexity index is 661. The number of carbonyl (C=O) groups is 1. The normalized spacial score (nSPS) is 14.0. The van der Waals surface area contributed by atoms with Crippen molar-refractivity contribution in [1.82, 2.24) is 4.90 Å². The maximum Gasteiger partial charge on any atom is 0.294 e. The Morgan fingerprint density at radius 2 is 1.86 bits per heavy atom. The molecule has 6 nitrogen and oxygen atoms in total. The van der Waals surface area contributed by atoms with Gasteiger partial charge in [-0.25, -0.2) is 0 Å². The number of benzene rings is 1. The van der Waals surface area contributed by atoms with Crippen LogP contribution in [0.25, 0.3) is 0 Å². The van der Waals surface area contributed by atoms with E-state index in [-0.39, 0.29) is 10.8 Å². The van der Waals surface area contributed by atoms with Crippen LogP contribution in [0.2, 0.25) is 0 Å². The molecule has 3 N–H and O–H groups in total. The van der Waals surface area contributed by atoms with Crippen LogP contribution in [-0.4, -0.2) is 37.4 Å². The predicted octanol–water partition coefficient (Wildman–Crippen LogP) is 1.10. The summed E-state index contributed by atoms with van der Waals surface area (Å²) >= 11 is 0. The van der Waals surface area contributed by atoms with Crippen molar-refractivity contribution in [3.63, 3.8) is 0 Å². The van der Waals surface area contributed by atoms with Crippen LogP contribution in [0.15, 0.2) is 53.1 Å². The van der Waals surface area contributed by atoms with Gasteiger partial charge in [0.05, 0.1) is 4.90 Å². The average Bonchev–Trinajstić information content (AvgIpc) is 2.39. The molecule has 0 radical (unpaired) electrons. The highest BCUT2D eigenvalue weighted by Crippen LogP contribution is 2.08. The van der Waals surface area contributed by atoms with Crippen LogP contribution in [-0.2, 0) is 14.9 Å². The molecule has 0 fully saturated rings. The highest BCUT2D eigenvalue weighted by molar-refractivity contribution is 7.85. The number of rotatable bonds is 2. The molecule has 0 aliphatic carbocycles. The summed E-state index contributed by atoms with van der Waals surface area (Å²) in [7, 11) is -2.12.